The average molecular weight is 316 g/mol. The molecule has 6 nitrogen and oxygen atoms in total. The second-order valence-corrected chi connectivity index (χ2v) is 6.01. The van der Waals surface area contributed by atoms with Crippen LogP contribution in [0.1, 0.15) is 24.0 Å². The molecule has 2 fully saturated rings. The highest BCUT2D eigenvalue weighted by molar-refractivity contribution is 5.78. The second kappa shape index (κ2) is 7.46. The minimum atomic E-state index is 0.261. The molecule has 0 aliphatic carbocycles. The number of guanidine groups is 1. The number of carbonyl (C=O) groups is 1. The van der Waals surface area contributed by atoms with E-state index in [0.29, 0.717) is 38.7 Å². The van der Waals surface area contributed by atoms with Gasteiger partial charge in [0.25, 0.3) is 0 Å². The Hall–Kier alpha value is -2.08. The van der Waals surface area contributed by atoms with Gasteiger partial charge in [0.15, 0.2) is 5.96 Å². The number of hydrogen-bond donors (Lipinski definition) is 1. The minimum absolute atomic E-state index is 0.261. The van der Waals surface area contributed by atoms with E-state index < -0.39 is 0 Å². The van der Waals surface area contributed by atoms with Crippen molar-refractivity contribution >= 4 is 11.9 Å². The third kappa shape index (κ3) is 4.22. The van der Waals surface area contributed by atoms with Crippen LogP contribution in [0.3, 0.4) is 0 Å². The fourth-order valence-corrected chi connectivity index (χ4v) is 2.91. The number of rotatable bonds is 4. The van der Waals surface area contributed by atoms with Gasteiger partial charge in [-0.2, -0.15) is 0 Å². The van der Waals surface area contributed by atoms with E-state index in [9.17, 15) is 4.79 Å². The summed E-state index contributed by atoms with van der Waals surface area (Å²) in [6.07, 6.45) is 1.67. The molecule has 2 aliphatic rings. The first kappa shape index (κ1) is 15.8. The number of carbonyl (C=O) groups excluding carboxylic acids is 1. The summed E-state index contributed by atoms with van der Waals surface area (Å²) in [6.45, 7) is 5.18. The smallest absolute Gasteiger partial charge is 0.222 e. The van der Waals surface area contributed by atoms with Crippen LogP contribution < -0.4 is 5.73 Å². The summed E-state index contributed by atoms with van der Waals surface area (Å²) < 4.78 is 5.31. The second-order valence-electron chi connectivity index (χ2n) is 6.01. The maximum atomic E-state index is 11.7. The normalized spacial score (nSPS) is 19.5. The first-order valence-corrected chi connectivity index (χ1v) is 8.20. The number of likely N-dealkylation sites (tertiary alicyclic amines) is 1. The fraction of sp³-hybridized carbons (Fsp3) is 0.529. The lowest BCUT2D eigenvalue weighted by molar-refractivity contribution is -0.128. The van der Waals surface area contributed by atoms with Crippen LogP contribution in [0, 0.1) is 0 Å². The third-order valence-electron chi connectivity index (χ3n) is 4.33. The molecule has 2 N–H and O–H groups in total. The molecule has 3 rings (SSSR count). The van der Waals surface area contributed by atoms with Gasteiger partial charge in [0.2, 0.25) is 5.91 Å². The lowest BCUT2D eigenvalue weighted by Gasteiger charge is -2.27. The van der Waals surface area contributed by atoms with Crippen LogP contribution in [-0.2, 0) is 22.6 Å². The van der Waals surface area contributed by atoms with Gasteiger partial charge in [0.05, 0.1) is 19.8 Å². The molecular weight excluding hydrogens is 292 g/mol. The molecule has 23 heavy (non-hydrogen) atoms. The van der Waals surface area contributed by atoms with E-state index in [4.69, 9.17) is 10.5 Å². The van der Waals surface area contributed by atoms with E-state index in [1.165, 1.54) is 0 Å². The molecule has 0 bridgehead atoms. The van der Waals surface area contributed by atoms with Gasteiger partial charge in [-0.1, -0.05) is 24.3 Å². The van der Waals surface area contributed by atoms with Crippen molar-refractivity contribution in [3.63, 3.8) is 0 Å². The van der Waals surface area contributed by atoms with Crippen LogP contribution in [0.2, 0.25) is 0 Å². The molecule has 1 amide bonds. The zero-order valence-electron chi connectivity index (χ0n) is 13.4. The van der Waals surface area contributed by atoms with Crippen molar-refractivity contribution in [1.82, 2.24) is 9.80 Å². The van der Waals surface area contributed by atoms with Crippen molar-refractivity contribution in [1.29, 1.82) is 0 Å². The van der Waals surface area contributed by atoms with Crippen LogP contribution in [0.5, 0.6) is 0 Å². The highest BCUT2D eigenvalue weighted by Crippen LogP contribution is 2.15. The van der Waals surface area contributed by atoms with Crippen LogP contribution in [-0.4, -0.2) is 54.5 Å². The maximum absolute atomic E-state index is 11.7. The first-order chi connectivity index (χ1) is 11.2. The Morgan fingerprint density at radius 1 is 1.13 bits per heavy atom. The van der Waals surface area contributed by atoms with Gasteiger partial charge in [0, 0.05) is 32.6 Å². The zero-order chi connectivity index (χ0) is 16.1. The first-order valence-electron chi connectivity index (χ1n) is 8.20. The maximum Gasteiger partial charge on any atom is 0.222 e. The van der Waals surface area contributed by atoms with Crippen molar-refractivity contribution in [2.45, 2.75) is 25.9 Å². The molecule has 2 heterocycles. The number of amides is 1. The number of hydrogen-bond acceptors (Lipinski definition) is 3. The monoisotopic (exact) mass is 316 g/mol. The molecule has 0 spiro atoms. The lowest BCUT2D eigenvalue weighted by atomic mass is 10.1. The topological polar surface area (TPSA) is 71.2 Å². The van der Waals surface area contributed by atoms with Crippen molar-refractivity contribution in [2.24, 2.45) is 10.7 Å². The quantitative estimate of drug-likeness (QED) is 0.663. The number of nitrogens with zero attached hydrogens (tertiary/aromatic N) is 3. The molecule has 6 heteroatoms. The molecule has 2 saturated heterocycles. The fourth-order valence-electron chi connectivity index (χ4n) is 2.91. The summed E-state index contributed by atoms with van der Waals surface area (Å²) >= 11 is 0. The Kier molecular flexibility index (Phi) is 5.12. The highest BCUT2D eigenvalue weighted by Gasteiger charge is 2.19. The van der Waals surface area contributed by atoms with Crippen molar-refractivity contribution in [3.8, 4) is 0 Å². The molecule has 0 unspecified atom stereocenters. The summed E-state index contributed by atoms with van der Waals surface area (Å²) in [4.78, 5) is 20.1. The van der Waals surface area contributed by atoms with Crippen molar-refractivity contribution < 1.29 is 9.53 Å². The highest BCUT2D eigenvalue weighted by atomic mass is 16.5. The lowest BCUT2D eigenvalue weighted by Crippen LogP contribution is -2.44. The van der Waals surface area contributed by atoms with Gasteiger partial charge >= 0.3 is 0 Å². The number of ether oxygens (including phenoxy) is 1. The van der Waals surface area contributed by atoms with Crippen molar-refractivity contribution in [2.75, 3.05) is 32.8 Å². The Balaban J connectivity index is 1.53. The van der Waals surface area contributed by atoms with Gasteiger partial charge in [-0.15, -0.1) is 0 Å². The van der Waals surface area contributed by atoms with E-state index in [1.807, 2.05) is 4.90 Å². The molecule has 2 aliphatic heterocycles. The third-order valence-corrected chi connectivity index (χ3v) is 4.33. The van der Waals surface area contributed by atoms with Crippen LogP contribution in [0.15, 0.2) is 29.3 Å². The zero-order valence-corrected chi connectivity index (χ0v) is 13.4. The number of benzene rings is 1. The van der Waals surface area contributed by atoms with Gasteiger partial charge in [-0.05, 0) is 17.5 Å². The summed E-state index contributed by atoms with van der Waals surface area (Å²) in [5, 5.41) is 0. The van der Waals surface area contributed by atoms with Gasteiger partial charge in [-0.25, -0.2) is 4.99 Å². The summed E-state index contributed by atoms with van der Waals surface area (Å²) in [6, 6.07) is 8.26. The van der Waals surface area contributed by atoms with Crippen LogP contribution in [0.4, 0.5) is 0 Å². The van der Waals surface area contributed by atoms with Gasteiger partial charge < -0.3 is 20.3 Å². The van der Waals surface area contributed by atoms with Crippen molar-refractivity contribution in [3.05, 3.63) is 35.4 Å². The average Bonchev–Trinajstić information content (AvgIpc) is 2.99. The molecule has 124 valence electrons. The minimum Gasteiger partial charge on any atom is -0.378 e. The Morgan fingerprint density at radius 2 is 1.83 bits per heavy atom. The summed E-state index contributed by atoms with van der Waals surface area (Å²) in [5.74, 6) is 0.844. The summed E-state index contributed by atoms with van der Waals surface area (Å²) in [7, 11) is 0. The summed E-state index contributed by atoms with van der Waals surface area (Å²) in [5.41, 5.74) is 8.31. The number of nitrogens with two attached hydrogens (primary N) is 1. The molecule has 1 aromatic rings. The Morgan fingerprint density at radius 3 is 2.48 bits per heavy atom. The van der Waals surface area contributed by atoms with E-state index >= 15 is 0 Å². The molecule has 0 atom stereocenters. The van der Waals surface area contributed by atoms with E-state index in [2.05, 4.69) is 34.2 Å². The molecule has 1 aromatic carbocycles. The van der Waals surface area contributed by atoms with E-state index in [0.717, 1.165) is 37.2 Å². The van der Waals surface area contributed by atoms with E-state index in [1.54, 1.807) is 0 Å². The van der Waals surface area contributed by atoms with E-state index in [-0.39, 0.29) is 5.91 Å². The molecule has 0 aromatic heterocycles. The number of morpholine rings is 1. The Bertz CT molecular complexity index is 564. The van der Waals surface area contributed by atoms with Crippen LogP contribution >= 0.6 is 0 Å². The molecule has 0 saturated carbocycles. The predicted octanol–water partition coefficient (Wildman–Crippen LogP) is 0.956. The molecular formula is C17H24N4O2. The van der Waals surface area contributed by atoms with Crippen LogP contribution in [0.25, 0.3) is 0 Å². The standard InChI is InChI=1S/C17H24N4O2/c18-17(20-8-10-23-11-9-20)19-12-14-3-5-15(6-4-14)13-21-7-1-2-16(21)22/h3-6H,1-2,7-13H2,(H2,18,19). The predicted molar refractivity (Wildman–Crippen MR) is 88.8 cm³/mol. The SMILES string of the molecule is NC(=NCc1ccc(CN2CCCC2=O)cc1)N1CCOCC1. The van der Waals surface area contributed by atoms with Gasteiger partial charge in [-0.3, -0.25) is 4.79 Å². The molecule has 0 radical (unpaired) electrons. The largest absolute Gasteiger partial charge is 0.378 e. The number of aliphatic imine (C=N–C) groups is 1. The Labute approximate surface area is 136 Å². The van der Waals surface area contributed by atoms with Gasteiger partial charge in [0.1, 0.15) is 0 Å².